The first-order valence-corrected chi connectivity index (χ1v) is 15.2. The SMILES string of the molecule is COc1cccc([C@@H]2C(C(=O)Nc3ccccc3)=C(C)N=c3s/c(=C/c4ccc(Sc5ncccn5)c([N+](=O)[O-])c4)c(=O)n32)c1. The van der Waals surface area contributed by atoms with E-state index in [4.69, 9.17) is 4.74 Å². The van der Waals surface area contributed by atoms with Crippen LogP contribution in [0.4, 0.5) is 11.4 Å². The van der Waals surface area contributed by atoms with Crippen LogP contribution in [0.1, 0.15) is 24.1 Å². The molecule has 6 rings (SSSR count). The molecular weight excluding hydrogens is 613 g/mol. The second-order valence-electron chi connectivity index (χ2n) is 9.80. The van der Waals surface area contributed by atoms with E-state index in [1.807, 2.05) is 24.3 Å². The summed E-state index contributed by atoms with van der Waals surface area (Å²) in [7, 11) is 1.55. The summed E-state index contributed by atoms with van der Waals surface area (Å²) in [6.45, 7) is 1.74. The molecule has 13 heteroatoms. The predicted octanol–water partition coefficient (Wildman–Crippen LogP) is 4.73. The van der Waals surface area contributed by atoms with E-state index in [1.165, 1.54) is 10.6 Å². The largest absolute Gasteiger partial charge is 0.497 e. The van der Waals surface area contributed by atoms with Gasteiger partial charge in [0.25, 0.3) is 17.2 Å². The van der Waals surface area contributed by atoms with E-state index in [0.29, 0.717) is 53.2 Å². The fourth-order valence-corrected chi connectivity index (χ4v) is 6.74. The van der Waals surface area contributed by atoms with Crippen molar-refractivity contribution < 1.29 is 14.5 Å². The molecule has 0 bridgehead atoms. The Kier molecular flexibility index (Phi) is 8.36. The molecule has 11 nitrogen and oxygen atoms in total. The highest BCUT2D eigenvalue weighted by Crippen LogP contribution is 2.34. The van der Waals surface area contributed by atoms with E-state index < -0.39 is 16.9 Å². The number of nitrogens with zero attached hydrogens (tertiary/aromatic N) is 5. The first kappa shape index (κ1) is 29.7. The van der Waals surface area contributed by atoms with Gasteiger partial charge < -0.3 is 10.1 Å². The highest BCUT2D eigenvalue weighted by atomic mass is 32.2. The molecule has 2 aromatic heterocycles. The highest BCUT2D eigenvalue weighted by Gasteiger charge is 2.33. The summed E-state index contributed by atoms with van der Waals surface area (Å²) in [5.41, 5.74) is 1.97. The van der Waals surface area contributed by atoms with Gasteiger partial charge in [0.15, 0.2) is 9.96 Å². The van der Waals surface area contributed by atoms with Crippen LogP contribution in [0.25, 0.3) is 6.08 Å². The van der Waals surface area contributed by atoms with E-state index >= 15 is 0 Å². The fraction of sp³-hybridized carbons (Fsp3) is 0.0938. The van der Waals surface area contributed by atoms with Crippen LogP contribution in [0.2, 0.25) is 0 Å². The zero-order valence-corrected chi connectivity index (χ0v) is 25.5. The molecule has 3 aromatic carbocycles. The van der Waals surface area contributed by atoms with Gasteiger partial charge in [-0.1, -0.05) is 47.7 Å². The minimum Gasteiger partial charge on any atom is -0.497 e. The molecule has 0 spiro atoms. The number of carbonyl (C=O) groups is 1. The maximum absolute atomic E-state index is 14.1. The zero-order chi connectivity index (χ0) is 31.5. The number of nitrogens with one attached hydrogen (secondary N) is 1. The number of amides is 1. The average Bonchev–Trinajstić information content (AvgIpc) is 3.35. The number of benzene rings is 3. The van der Waals surface area contributed by atoms with Gasteiger partial charge in [0.2, 0.25) is 0 Å². The molecule has 1 atom stereocenters. The number of para-hydroxylation sites is 1. The molecule has 0 fully saturated rings. The van der Waals surface area contributed by atoms with Gasteiger partial charge in [-0.15, -0.1) is 0 Å². The third-order valence-corrected chi connectivity index (χ3v) is 8.87. The summed E-state index contributed by atoms with van der Waals surface area (Å²) in [6, 6.07) is 21.8. The molecule has 1 amide bonds. The van der Waals surface area contributed by atoms with Gasteiger partial charge in [0.1, 0.15) is 5.75 Å². The molecular formula is C32H24N6O5S2. The monoisotopic (exact) mass is 636 g/mol. The second-order valence-corrected chi connectivity index (χ2v) is 11.8. The Balaban J connectivity index is 1.45. The normalized spacial score (nSPS) is 14.4. The third-order valence-electron chi connectivity index (χ3n) is 6.93. The lowest BCUT2D eigenvalue weighted by atomic mass is 9.95. The number of thiazole rings is 1. The Hall–Kier alpha value is -5.40. The van der Waals surface area contributed by atoms with Crippen LogP contribution in [0.3, 0.4) is 0 Å². The van der Waals surface area contributed by atoms with Crippen molar-refractivity contribution in [1.82, 2.24) is 14.5 Å². The number of aromatic nitrogens is 3. The van der Waals surface area contributed by atoms with Crippen molar-refractivity contribution in [1.29, 1.82) is 0 Å². The Bertz CT molecular complexity index is 2150. The van der Waals surface area contributed by atoms with Gasteiger partial charge in [0, 0.05) is 24.1 Å². The standard InChI is InChI=1S/C32H24N6O5S2/c1-19-27(29(39)36-22-9-4-3-5-10-22)28(21-8-6-11-23(18-21)43-2)37-30(40)26(45-32(37)35-19)17-20-12-13-25(24(16-20)38(41)42)44-31-33-14-7-15-34-31/h3-18,28H,1-2H3,(H,36,39)/b26-17+/t28-/m1/s1. The molecule has 0 aliphatic carbocycles. The summed E-state index contributed by atoms with van der Waals surface area (Å²) in [6.07, 6.45) is 4.72. The van der Waals surface area contributed by atoms with Crippen molar-refractivity contribution in [3.05, 3.63) is 143 Å². The topological polar surface area (TPSA) is 142 Å². The minimum atomic E-state index is -0.804. The second kappa shape index (κ2) is 12.7. The average molecular weight is 637 g/mol. The van der Waals surface area contributed by atoms with Crippen LogP contribution in [-0.4, -0.2) is 32.5 Å². The Morgan fingerprint density at radius 3 is 2.58 bits per heavy atom. The number of ether oxygens (including phenoxy) is 1. The van der Waals surface area contributed by atoms with Gasteiger partial charge in [-0.25, -0.2) is 15.0 Å². The van der Waals surface area contributed by atoms with Gasteiger partial charge in [-0.05, 0) is 72.3 Å². The molecule has 5 aromatic rings. The van der Waals surface area contributed by atoms with Crippen LogP contribution < -0.4 is 24.9 Å². The van der Waals surface area contributed by atoms with Crippen molar-refractivity contribution >= 4 is 46.5 Å². The number of methoxy groups -OCH3 is 1. The molecule has 0 saturated carbocycles. The molecule has 3 heterocycles. The summed E-state index contributed by atoms with van der Waals surface area (Å²) in [5.74, 6) is 0.175. The molecule has 1 aliphatic heterocycles. The van der Waals surface area contributed by atoms with Gasteiger partial charge in [0.05, 0.1) is 38.8 Å². The smallest absolute Gasteiger partial charge is 0.283 e. The first-order valence-electron chi connectivity index (χ1n) is 13.6. The Morgan fingerprint density at radius 1 is 1.07 bits per heavy atom. The quantitative estimate of drug-likeness (QED) is 0.146. The van der Waals surface area contributed by atoms with Crippen molar-refractivity contribution in [3.8, 4) is 5.75 Å². The van der Waals surface area contributed by atoms with Crippen molar-refractivity contribution in [2.45, 2.75) is 23.0 Å². The Morgan fingerprint density at radius 2 is 1.84 bits per heavy atom. The van der Waals surface area contributed by atoms with Crippen LogP contribution >= 0.6 is 23.1 Å². The van der Waals surface area contributed by atoms with Crippen molar-refractivity contribution in [2.75, 3.05) is 12.4 Å². The van der Waals surface area contributed by atoms with E-state index in [9.17, 15) is 19.7 Å². The summed E-state index contributed by atoms with van der Waals surface area (Å²) in [5, 5.41) is 15.3. The highest BCUT2D eigenvalue weighted by molar-refractivity contribution is 7.99. The van der Waals surface area contributed by atoms with Crippen LogP contribution in [0.5, 0.6) is 5.75 Å². The Labute approximate surface area is 264 Å². The number of nitro groups is 1. The van der Waals surface area contributed by atoms with E-state index in [2.05, 4.69) is 20.3 Å². The first-order chi connectivity index (χ1) is 21.8. The number of anilines is 1. The molecule has 0 unspecified atom stereocenters. The zero-order valence-electron chi connectivity index (χ0n) is 23.9. The number of carbonyl (C=O) groups excluding carboxylic acids is 1. The molecule has 45 heavy (non-hydrogen) atoms. The van der Waals surface area contributed by atoms with Crippen LogP contribution in [0.15, 0.2) is 122 Å². The molecule has 1 N–H and O–H groups in total. The van der Waals surface area contributed by atoms with Crippen molar-refractivity contribution in [3.63, 3.8) is 0 Å². The van der Waals surface area contributed by atoms with E-state index in [1.54, 1.807) is 81.0 Å². The molecule has 224 valence electrons. The third kappa shape index (κ3) is 6.16. The van der Waals surface area contributed by atoms with Gasteiger partial charge in [-0.3, -0.25) is 24.3 Å². The number of rotatable bonds is 8. The molecule has 0 saturated heterocycles. The van der Waals surface area contributed by atoms with Crippen LogP contribution in [0, 0.1) is 10.1 Å². The minimum absolute atomic E-state index is 0.140. The summed E-state index contributed by atoms with van der Waals surface area (Å²) < 4.78 is 7.24. The number of fused-ring (bicyclic) bond motifs is 1. The van der Waals surface area contributed by atoms with Gasteiger partial charge >= 0.3 is 0 Å². The predicted molar refractivity (Wildman–Crippen MR) is 171 cm³/mol. The maximum Gasteiger partial charge on any atom is 0.283 e. The van der Waals surface area contributed by atoms with Crippen LogP contribution in [-0.2, 0) is 4.79 Å². The van der Waals surface area contributed by atoms with E-state index in [0.717, 1.165) is 23.1 Å². The van der Waals surface area contributed by atoms with Crippen molar-refractivity contribution in [2.24, 2.45) is 4.99 Å². The fourth-order valence-electron chi connectivity index (χ4n) is 4.90. The summed E-state index contributed by atoms with van der Waals surface area (Å²) >= 11 is 2.22. The number of allylic oxidation sites excluding steroid dienone is 1. The lowest BCUT2D eigenvalue weighted by Gasteiger charge is -2.25. The van der Waals surface area contributed by atoms with E-state index in [-0.39, 0.29) is 11.2 Å². The summed E-state index contributed by atoms with van der Waals surface area (Å²) in [4.78, 5) is 53.0. The maximum atomic E-state index is 14.1. The number of hydrogen-bond acceptors (Lipinski definition) is 10. The molecule has 1 aliphatic rings. The molecule has 0 radical (unpaired) electrons. The number of hydrogen-bond donors (Lipinski definition) is 1. The number of nitro benzene ring substituents is 1. The lowest BCUT2D eigenvalue weighted by Crippen LogP contribution is -2.40. The lowest BCUT2D eigenvalue weighted by molar-refractivity contribution is -0.387. The van der Waals surface area contributed by atoms with Gasteiger partial charge in [-0.2, -0.15) is 0 Å².